The van der Waals surface area contributed by atoms with Gasteiger partial charge in [-0.25, -0.2) is 4.68 Å². The van der Waals surface area contributed by atoms with Crippen LogP contribution in [-0.2, 0) is 17.9 Å². The molecular formula is C18H24ClN3O. The molecule has 124 valence electrons. The van der Waals surface area contributed by atoms with Gasteiger partial charge in [-0.1, -0.05) is 32.0 Å². The largest absolute Gasteiger partial charge is 0.291 e. The predicted octanol–water partition coefficient (Wildman–Crippen LogP) is 4.07. The average molecular weight is 334 g/mol. The molecule has 1 amide bonds. The van der Waals surface area contributed by atoms with E-state index in [1.807, 2.05) is 55.8 Å². The lowest BCUT2D eigenvalue weighted by Gasteiger charge is -2.27. The van der Waals surface area contributed by atoms with Crippen LogP contribution in [0.1, 0.15) is 37.2 Å². The summed E-state index contributed by atoms with van der Waals surface area (Å²) in [7, 11) is 0. The fourth-order valence-corrected chi connectivity index (χ4v) is 2.75. The van der Waals surface area contributed by atoms with Crippen molar-refractivity contribution in [2.75, 3.05) is 4.90 Å². The molecule has 1 aromatic carbocycles. The van der Waals surface area contributed by atoms with Crippen molar-refractivity contribution in [3.05, 3.63) is 47.3 Å². The first-order valence-corrected chi connectivity index (χ1v) is 8.46. The zero-order valence-corrected chi connectivity index (χ0v) is 15.0. The van der Waals surface area contributed by atoms with Crippen LogP contribution in [-0.4, -0.2) is 21.1 Å². The Hall–Kier alpha value is -1.81. The van der Waals surface area contributed by atoms with E-state index in [1.165, 1.54) is 0 Å². The Balaban J connectivity index is 2.43. The zero-order chi connectivity index (χ0) is 17.0. The van der Waals surface area contributed by atoms with Crippen molar-refractivity contribution in [3.8, 4) is 0 Å². The van der Waals surface area contributed by atoms with E-state index in [9.17, 15) is 4.79 Å². The number of rotatable bonds is 6. The third kappa shape index (κ3) is 3.94. The summed E-state index contributed by atoms with van der Waals surface area (Å²) < 4.78 is 1.85. The number of para-hydroxylation sites is 1. The smallest absolute Gasteiger partial charge is 0.246 e. The standard InChI is InChI=1S/C18H24ClN3O/c1-5-15-9-7-8-10-17(15)21(18(23)16(19)6-2)12-22-14(4)11-13(3)20-22/h7-11,16H,5-6,12H2,1-4H3. The summed E-state index contributed by atoms with van der Waals surface area (Å²) in [4.78, 5) is 14.6. The molecule has 1 heterocycles. The molecule has 1 unspecified atom stereocenters. The van der Waals surface area contributed by atoms with Crippen LogP contribution in [0.15, 0.2) is 30.3 Å². The number of hydrogen-bond acceptors (Lipinski definition) is 2. The molecule has 0 aliphatic carbocycles. The van der Waals surface area contributed by atoms with Crippen LogP contribution in [0.5, 0.6) is 0 Å². The predicted molar refractivity (Wildman–Crippen MR) is 94.9 cm³/mol. The highest BCUT2D eigenvalue weighted by Crippen LogP contribution is 2.24. The van der Waals surface area contributed by atoms with Crippen LogP contribution >= 0.6 is 11.6 Å². The molecule has 2 rings (SSSR count). The van der Waals surface area contributed by atoms with Crippen LogP contribution in [0, 0.1) is 13.8 Å². The number of aromatic nitrogens is 2. The lowest BCUT2D eigenvalue weighted by Crippen LogP contribution is -2.39. The molecule has 0 aliphatic heterocycles. The highest BCUT2D eigenvalue weighted by molar-refractivity contribution is 6.32. The van der Waals surface area contributed by atoms with E-state index in [0.717, 1.165) is 29.1 Å². The number of alkyl halides is 1. The molecule has 5 heteroatoms. The highest BCUT2D eigenvalue weighted by atomic mass is 35.5. The van der Waals surface area contributed by atoms with E-state index in [4.69, 9.17) is 11.6 Å². The first-order chi connectivity index (χ1) is 11.0. The van der Waals surface area contributed by atoms with Crippen LogP contribution in [0.2, 0.25) is 0 Å². The Morgan fingerprint density at radius 2 is 2.00 bits per heavy atom. The lowest BCUT2D eigenvalue weighted by molar-refractivity contribution is -0.118. The molecule has 2 aromatic rings. The maximum Gasteiger partial charge on any atom is 0.246 e. The molecule has 0 bridgehead atoms. The minimum Gasteiger partial charge on any atom is -0.291 e. The first-order valence-electron chi connectivity index (χ1n) is 8.02. The second-order valence-electron chi connectivity index (χ2n) is 5.69. The number of carbonyl (C=O) groups is 1. The van der Waals surface area contributed by atoms with Crippen molar-refractivity contribution in [2.24, 2.45) is 0 Å². The summed E-state index contributed by atoms with van der Waals surface area (Å²) in [5, 5.41) is 3.95. The van der Waals surface area contributed by atoms with Crippen LogP contribution < -0.4 is 4.90 Å². The number of nitrogens with zero attached hydrogens (tertiary/aromatic N) is 3. The Kier molecular flexibility index (Phi) is 5.83. The number of benzene rings is 1. The quantitative estimate of drug-likeness (QED) is 0.747. The molecule has 4 nitrogen and oxygen atoms in total. The van der Waals surface area contributed by atoms with Crippen LogP contribution in [0.3, 0.4) is 0 Å². The summed E-state index contributed by atoms with van der Waals surface area (Å²) in [6.07, 6.45) is 1.46. The van der Waals surface area contributed by atoms with Gasteiger partial charge >= 0.3 is 0 Å². The highest BCUT2D eigenvalue weighted by Gasteiger charge is 2.24. The molecule has 0 saturated carbocycles. The van der Waals surface area contributed by atoms with E-state index >= 15 is 0 Å². The number of halogens is 1. The molecule has 0 fully saturated rings. The minimum atomic E-state index is -0.531. The number of aryl methyl sites for hydroxylation is 3. The van der Waals surface area contributed by atoms with Gasteiger partial charge in [0.1, 0.15) is 12.0 Å². The van der Waals surface area contributed by atoms with E-state index < -0.39 is 5.38 Å². The summed E-state index contributed by atoms with van der Waals surface area (Å²) in [5.41, 5.74) is 4.00. The molecule has 0 spiro atoms. The second kappa shape index (κ2) is 7.64. The van der Waals surface area contributed by atoms with Gasteiger partial charge in [0.2, 0.25) is 5.91 Å². The van der Waals surface area contributed by atoms with Crippen molar-refractivity contribution < 1.29 is 4.79 Å². The maximum atomic E-state index is 12.8. The van der Waals surface area contributed by atoms with Crippen molar-refractivity contribution >= 4 is 23.2 Å². The zero-order valence-electron chi connectivity index (χ0n) is 14.2. The SMILES string of the molecule is CCc1ccccc1N(Cn1nc(C)cc1C)C(=O)C(Cl)CC. The summed E-state index contributed by atoms with van der Waals surface area (Å²) >= 11 is 6.25. The Labute approximate surface area is 143 Å². The Bertz CT molecular complexity index is 681. The lowest BCUT2D eigenvalue weighted by atomic mass is 10.1. The van der Waals surface area contributed by atoms with Gasteiger partial charge < -0.3 is 0 Å². The molecule has 0 aliphatic rings. The molecular weight excluding hydrogens is 310 g/mol. The fraction of sp³-hybridized carbons (Fsp3) is 0.444. The molecule has 0 N–H and O–H groups in total. The average Bonchev–Trinajstić information content (AvgIpc) is 2.88. The van der Waals surface area contributed by atoms with E-state index in [1.54, 1.807) is 4.90 Å². The maximum absolute atomic E-state index is 12.8. The number of amides is 1. The molecule has 0 radical (unpaired) electrons. The van der Waals surface area contributed by atoms with Crippen molar-refractivity contribution in [3.63, 3.8) is 0 Å². The van der Waals surface area contributed by atoms with Gasteiger partial charge in [-0.3, -0.25) is 9.69 Å². The third-order valence-corrected chi connectivity index (χ3v) is 4.43. The number of hydrogen-bond donors (Lipinski definition) is 0. The van der Waals surface area contributed by atoms with Gasteiger partial charge in [-0.2, -0.15) is 5.10 Å². The Morgan fingerprint density at radius 1 is 1.30 bits per heavy atom. The van der Waals surface area contributed by atoms with Gasteiger partial charge in [0, 0.05) is 11.4 Å². The van der Waals surface area contributed by atoms with Gasteiger partial charge in [-0.05, 0) is 44.4 Å². The van der Waals surface area contributed by atoms with Gasteiger partial charge in [0.15, 0.2) is 0 Å². The number of anilines is 1. The summed E-state index contributed by atoms with van der Waals surface area (Å²) in [6.45, 7) is 8.32. The molecule has 1 aromatic heterocycles. The molecule has 23 heavy (non-hydrogen) atoms. The van der Waals surface area contributed by atoms with Gasteiger partial charge in [-0.15, -0.1) is 11.6 Å². The third-order valence-electron chi connectivity index (χ3n) is 3.93. The second-order valence-corrected chi connectivity index (χ2v) is 6.22. The summed E-state index contributed by atoms with van der Waals surface area (Å²) in [6, 6.07) is 9.97. The molecule has 0 saturated heterocycles. The van der Waals surface area contributed by atoms with E-state index in [-0.39, 0.29) is 5.91 Å². The molecule has 1 atom stereocenters. The first kappa shape index (κ1) is 17.5. The van der Waals surface area contributed by atoms with Crippen LogP contribution in [0.4, 0.5) is 5.69 Å². The fourth-order valence-electron chi connectivity index (χ4n) is 2.63. The van der Waals surface area contributed by atoms with Crippen LogP contribution in [0.25, 0.3) is 0 Å². The topological polar surface area (TPSA) is 38.1 Å². The van der Waals surface area contributed by atoms with Gasteiger partial charge in [0.25, 0.3) is 0 Å². The normalized spacial score (nSPS) is 12.2. The summed E-state index contributed by atoms with van der Waals surface area (Å²) in [5.74, 6) is -0.0809. The van der Waals surface area contributed by atoms with E-state index in [0.29, 0.717) is 13.1 Å². The van der Waals surface area contributed by atoms with Crippen molar-refractivity contribution in [1.82, 2.24) is 9.78 Å². The minimum absolute atomic E-state index is 0.0809. The van der Waals surface area contributed by atoms with E-state index in [2.05, 4.69) is 12.0 Å². The van der Waals surface area contributed by atoms with Crippen molar-refractivity contribution in [1.29, 1.82) is 0 Å². The monoisotopic (exact) mass is 333 g/mol. The van der Waals surface area contributed by atoms with Crippen molar-refractivity contribution in [2.45, 2.75) is 52.6 Å². The Morgan fingerprint density at radius 3 is 2.57 bits per heavy atom. The number of carbonyl (C=O) groups excluding carboxylic acids is 1. The van der Waals surface area contributed by atoms with Gasteiger partial charge in [0.05, 0.1) is 5.69 Å².